The monoisotopic (exact) mass is 212 g/mol. The molecule has 0 rings (SSSR count). The highest BCUT2D eigenvalue weighted by Gasteiger charge is 1.97. The van der Waals surface area contributed by atoms with E-state index < -0.39 is 5.97 Å². The fourth-order valence-electron chi connectivity index (χ4n) is 0.793. The molecule has 0 spiro atoms. The van der Waals surface area contributed by atoms with Gasteiger partial charge in [0.1, 0.15) is 0 Å². The Kier molecular flexibility index (Phi) is 8.05. The van der Waals surface area contributed by atoms with Crippen LogP contribution in [0.15, 0.2) is 24.8 Å². The summed E-state index contributed by atoms with van der Waals surface area (Å²) in [6.45, 7) is 5.68. The van der Waals surface area contributed by atoms with Gasteiger partial charge in [0.05, 0.1) is 13.2 Å². The number of esters is 2. The fraction of sp³-hybridized carbons (Fsp3) is 0.455. The summed E-state index contributed by atoms with van der Waals surface area (Å²) in [4.78, 5) is 21.4. The topological polar surface area (TPSA) is 52.6 Å². The molecule has 0 aliphatic carbocycles. The van der Waals surface area contributed by atoms with Gasteiger partial charge in [-0.2, -0.15) is 0 Å². The molecule has 0 atom stereocenters. The molecule has 0 bridgehead atoms. The van der Waals surface area contributed by atoms with Crippen LogP contribution in [0, 0.1) is 0 Å². The summed E-state index contributed by atoms with van der Waals surface area (Å²) in [5, 5.41) is 0. The van der Waals surface area contributed by atoms with Crippen molar-refractivity contribution in [2.24, 2.45) is 0 Å². The second kappa shape index (κ2) is 8.99. The predicted molar refractivity (Wildman–Crippen MR) is 56.2 cm³/mol. The molecule has 0 saturated carbocycles. The molecule has 0 aromatic rings. The van der Waals surface area contributed by atoms with E-state index >= 15 is 0 Å². The Labute approximate surface area is 89.6 Å². The van der Waals surface area contributed by atoms with E-state index in [1.54, 1.807) is 13.0 Å². The lowest BCUT2D eigenvalue weighted by molar-refractivity contribution is -0.140. The Morgan fingerprint density at radius 3 is 2.13 bits per heavy atom. The van der Waals surface area contributed by atoms with Crippen LogP contribution in [0.2, 0.25) is 0 Å². The number of hydrogen-bond donors (Lipinski definition) is 0. The SMILES string of the molecule is C=CC(=O)OCCCCOC(=O)/C=C/C. The molecule has 84 valence electrons. The molecular formula is C11H16O4. The van der Waals surface area contributed by atoms with Crippen molar-refractivity contribution in [3.63, 3.8) is 0 Å². The molecule has 0 aromatic carbocycles. The second-order valence-electron chi connectivity index (χ2n) is 2.75. The van der Waals surface area contributed by atoms with Crippen LogP contribution in [-0.2, 0) is 19.1 Å². The molecule has 0 aromatic heterocycles. The first-order valence-corrected chi connectivity index (χ1v) is 4.79. The van der Waals surface area contributed by atoms with Gasteiger partial charge in [0.25, 0.3) is 0 Å². The highest BCUT2D eigenvalue weighted by molar-refractivity contribution is 5.81. The van der Waals surface area contributed by atoms with Gasteiger partial charge in [-0.1, -0.05) is 12.7 Å². The Balaban J connectivity index is 3.28. The third-order valence-corrected chi connectivity index (χ3v) is 1.50. The van der Waals surface area contributed by atoms with Crippen molar-refractivity contribution in [3.8, 4) is 0 Å². The average Bonchev–Trinajstić information content (AvgIpc) is 2.23. The van der Waals surface area contributed by atoms with Crippen molar-refractivity contribution in [3.05, 3.63) is 24.8 Å². The zero-order valence-corrected chi connectivity index (χ0v) is 8.90. The molecule has 0 unspecified atom stereocenters. The van der Waals surface area contributed by atoms with E-state index in [1.165, 1.54) is 6.08 Å². The van der Waals surface area contributed by atoms with Crippen molar-refractivity contribution in [2.75, 3.05) is 13.2 Å². The van der Waals surface area contributed by atoms with E-state index in [4.69, 9.17) is 9.47 Å². The van der Waals surface area contributed by atoms with Crippen molar-refractivity contribution in [1.29, 1.82) is 0 Å². The van der Waals surface area contributed by atoms with Crippen molar-refractivity contribution >= 4 is 11.9 Å². The maximum absolute atomic E-state index is 10.8. The van der Waals surface area contributed by atoms with Gasteiger partial charge >= 0.3 is 11.9 Å². The van der Waals surface area contributed by atoms with Crippen LogP contribution >= 0.6 is 0 Å². The number of ether oxygens (including phenoxy) is 2. The lowest BCUT2D eigenvalue weighted by Gasteiger charge is -2.02. The van der Waals surface area contributed by atoms with Gasteiger partial charge in [-0.25, -0.2) is 9.59 Å². The van der Waals surface area contributed by atoms with Crippen LogP contribution in [0.1, 0.15) is 19.8 Å². The molecule has 15 heavy (non-hydrogen) atoms. The highest BCUT2D eigenvalue weighted by Crippen LogP contribution is 1.93. The van der Waals surface area contributed by atoms with Crippen LogP contribution in [0.5, 0.6) is 0 Å². The van der Waals surface area contributed by atoms with Crippen LogP contribution in [0.3, 0.4) is 0 Å². The first kappa shape index (κ1) is 13.4. The van der Waals surface area contributed by atoms with Gasteiger partial charge in [0.2, 0.25) is 0 Å². The van der Waals surface area contributed by atoms with Gasteiger partial charge in [0.15, 0.2) is 0 Å². The zero-order valence-electron chi connectivity index (χ0n) is 8.90. The summed E-state index contributed by atoms with van der Waals surface area (Å²) in [5.74, 6) is -0.776. The van der Waals surface area contributed by atoms with Crippen LogP contribution in [-0.4, -0.2) is 25.2 Å². The number of carbonyl (C=O) groups excluding carboxylic acids is 2. The number of allylic oxidation sites excluding steroid dienone is 1. The first-order chi connectivity index (χ1) is 7.20. The normalized spacial score (nSPS) is 9.93. The molecule has 4 heteroatoms. The summed E-state index contributed by atoms with van der Waals surface area (Å²) in [5.41, 5.74) is 0. The summed E-state index contributed by atoms with van der Waals surface area (Å²) < 4.78 is 9.56. The molecule has 0 amide bonds. The first-order valence-electron chi connectivity index (χ1n) is 4.79. The smallest absolute Gasteiger partial charge is 0.330 e. The number of hydrogen-bond acceptors (Lipinski definition) is 4. The van der Waals surface area contributed by atoms with Crippen molar-refractivity contribution < 1.29 is 19.1 Å². The minimum absolute atomic E-state index is 0.325. The molecule has 0 radical (unpaired) electrons. The standard InChI is InChI=1S/C11H16O4/c1-3-7-11(13)15-9-6-5-8-14-10(12)4-2/h3-4,7H,2,5-6,8-9H2,1H3/b7-3+. The lowest BCUT2D eigenvalue weighted by atomic mass is 10.3. The Hall–Kier alpha value is -1.58. The summed E-state index contributed by atoms with van der Waals surface area (Å²) in [6, 6.07) is 0. The second-order valence-corrected chi connectivity index (χ2v) is 2.75. The number of rotatable bonds is 7. The van der Waals surface area contributed by atoms with Crippen LogP contribution in [0.4, 0.5) is 0 Å². The van der Waals surface area contributed by atoms with Gasteiger partial charge < -0.3 is 9.47 Å². The molecule has 0 aliphatic rings. The number of unbranched alkanes of at least 4 members (excludes halogenated alkanes) is 1. The Morgan fingerprint density at radius 1 is 1.13 bits per heavy atom. The van der Waals surface area contributed by atoms with Gasteiger partial charge in [0, 0.05) is 12.2 Å². The van der Waals surface area contributed by atoms with E-state index in [0.717, 1.165) is 6.08 Å². The van der Waals surface area contributed by atoms with Crippen molar-refractivity contribution in [1.82, 2.24) is 0 Å². The largest absolute Gasteiger partial charge is 0.463 e. The van der Waals surface area contributed by atoms with E-state index in [-0.39, 0.29) is 5.97 Å². The Bertz CT molecular complexity index is 243. The molecule has 0 aliphatic heterocycles. The molecule has 0 fully saturated rings. The van der Waals surface area contributed by atoms with Gasteiger partial charge in [-0.15, -0.1) is 0 Å². The third-order valence-electron chi connectivity index (χ3n) is 1.50. The number of carbonyl (C=O) groups is 2. The minimum atomic E-state index is -0.430. The quantitative estimate of drug-likeness (QED) is 0.365. The maximum Gasteiger partial charge on any atom is 0.330 e. The summed E-state index contributed by atoms with van der Waals surface area (Å²) >= 11 is 0. The van der Waals surface area contributed by atoms with E-state index in [1.807, 2.05) is 0 Å². The predicted octanol–water partition coefficient (Wildman–Crippen LogP) is 1.62. The lowest BCUT2D eigenvalue weighted by Crippen LogP contribution is -2.05. The zero-order chi connectivity index (χ0) is 11.5. The summed E-state index contributed by atoms with van der Waals surface area (Å²) in [7, 11) is 0. The molecule has 4 nitrogen and oxygen atoms in total. The van der Waals surface area contributed by atoms with Crippen LogP contribution < -0.4 is 0 Å². The molecule has 0 heterocycles. The molecule has 0 N–H and O–H groups in total. The maximum atomic E-state index is 10.8. The Morgan fingerprint density at radius 2 is 1.67 bits per heavy atom. The van der Waals surface area contributed by atoms with Gasteiger partial charge in [-0.05, 0) is 19.8 Å². The van der Waals surface area contributed by atoms with Crippen LogP contribution in [0.25, 0.3) is 0 Å². The summed E-state index contributed by atoms with van der Waals surface area (Å²) in [6.07, 6.45) is 5.44. The van der Waals surface area contributed by atoms with Gasteiger partial charge in [-0.3, -0.25) is 0 Å². The average molecular weight is 212 g/mol. The van der Waals surface area contributed by atoms with Crippen molar-refractivity contribution in [2.45, 2.75) is 19.8 Å². The molecular weight excluding hydrogens is 196 g/mol. The van der Waals surface area contributed by atoms with E-state index in [0.29, 0.717) is 26.1 Å². The van der Waals surface area contributed by atoms with E-state index in [2.05, 4.69) is 6.58 Å². The highest BCUT2D eigenvalue weighted by atomic mass is 16.5. The minimum Gasteiger partial charge on any atom is -0.463 e. The molecule has 0 saturated heterocycles. The fourth-order valence-corrected chi connectivity index (χ4v) is 0.793. The van der Waals surface area contributed by atoms with E-state index in [9.17, 15) is 9.59 Å². The third kappa shape index (κ3) is 8.74.